The van der Waals surface area contributed by atoms with E-state index in [9.17, 15) is 13.2 Å². The van der Waals surface area contributed by atoms with Crippen LogP contribution in [-0.2, 0) is 21.4 Å². The second-order valence-corrected chi connectivity index (χ2v) is 10.2. The number of amides is 1. The van der Waals surface area contributed by atoms with Gasteiger partial charge in [0.05, 0.1) is 11.5 Å². The standard InChI is InChI=1S/C26H28N2O4S/c1-18-5-3-8-23(13-18)28-33(30,31)24-12-9-19(2)25(15-24)26(29)27-22-7-4-6-21(14-22)17-32-16-20-10-11-20/h3-9,12-15,20,28H,10-11,16-17H2,1-2H3,(H,27,29). The molecule has 1 aliphatic carbocycles. The molecule has 0 saturated heterocycles. The van der Waals surface area contributed by atoms with Crippen LogP contribution in [0.15, 0.2) is 71.6 Å². The number of hydrogen-bond donors (Lipinski definition) is 2. The van der Waals surface area contributed by atoms with Crippen molar-refractivity contribution in [3.63, 3.8) is 0 Å². The first kappa shape index (κ1) is 23.0. The van der Waals surface area contributed by atoms with Crippen molar-refractivity contribution in [1.29, 1.82) is 0 Å². The van der Waals surface area contributed by atoms with Gasteiger partial charge in [-0.2, -0.15) is 0 Å². The quantitative estimate of drug-likeness (QED) is 0.451. The molecule has 0 spiro atoms. The molecule has 1 aliphatic rings. The van der Waals surface area contributed by atoms with Crippen molar-refractivity contribution in [2.75, 3.05) is 16.6 Å². The van der Waals surface area contributed by atoms with Crippen LogP contribution in [0.4, 0.5) is 11.4 Å². The highest BCUT2D eigenvalue weighted by atomic mass is 32.2. The fourth-order valence-electron chi connectivity index (χ4n) is 3.50. The summed E-state index contributed by atoms with van der Waals surface area (Å²) in [6, 6.07) is 19.2. The van der Waals surface area contributed by atoms with Crippen LogP contribution < -0.4 is 10.0 Å². The van der Waals surface area contributed by atoms with Gasteiger partial charge in [-0.15, -0.1) is 0 Å². The van der Waals surface area contributed by atoms with E-state index in [1.165, 1.54) is 25.0 Å². The average molecular weight is 465 g/mol. The number of sulfonamides is 1. The number of carbonyl (C=O) groups excluding carboxylic acids is 1. The highest BCUT2D eigenvalue weighted by Crippen LogP contribution is 2.29. The normalized spacial score (nSPS) is 13.5. The number of rotatable bonds is 9. The second-order valence-electron chi connectivity index (χ2n) is 8.56. The lowest BCUT2D eigenvalue weighted by molar-refractivity contribution is 0.102. The van der Waals surface area contributed by atoms with Crippen LogP contribution in [0.5, 0.6) is 0 Å². The van der Waals surface area contributed by atoms with Crippen molar-refractivity contribution in [3.8, 4) is 0 Å². The number of nitrogens with one attached hydrogen (secondary N) is 2. The summed E-state index contributed by atoms with van der Waals surface area (Å²) in [4.78, 5) is 13.0. The van der Waals surface area contributed by atoms with E-state index in [0.29, 0.717) is 35.0 Å². The summed E-state index contributed by atoms with van der Waals surface area (Å²) in [5, 5.41) is 2.88. The summed E-state index contributed by atoms with van der Waals surface area (Å²) in [7, 11) is -3.84. The minimum Gasteiger partial charge on any atom is -0.376 e. The third-order valence-electron chi connectivity index (χ3n) is 5.54. The van der Waals surface area contributed by atoms with Crippen molar-refractivity contribution in [1.82, 2.24) is 0 Å². The number of anilines is 2. The molecule has 7 heteroatoms. The lowest BCUT2D eigenvalue weighted by atomic mass is 10.1. The Balaban J connectivity index is 1.48. The maximum atomic E-state index is 13.0. The molecule has 2 N–H and O–H groups in total. The largest absolute Gasteiger partial charge is 0.376 e. The van der Waals surface area contributed by atoms with Crippen molar-refractivity contribution >= 4 is 27.3 Å². The van der Waals surface area contributed by atoms with Gasteiger partial charge in [0.1, 0.15) is 0 Å². The van der Waals surface area contributed by atoms with Gasteiger partial charge in [-0.3, -0.25) is 9.52 Å². The molecule has 0 radical (unpaired) electrons. The summed E-state index contributed by atoms with van der Waals surface area (Å²) in [6.07, 6.45) is 2.48. The zero-order valence-electron chi connectivity index (χ0n) is 18.8. The summed E-state index contributed by atoms with van der Waals surface area (Å²) in [5.41, 5.74) is 4.02. The number of hydrogen-bond acceptors (Lipinski definition) is 4. The van der Waals surface area contributed by atoms with Crippen LogP contribution in [-0.4, -0.2) is 20.9 Å². The van der Waals surface area contributed by atoms with E-state index in [-0.39, 0.29) is 10.8 Å². The van der Waals surface area contributed by atoms with Crippen LogP contribution in [0.1, 0.15) is 39.9 Å². The minimum absolute atomic E-state index is 0.0296. The molecule has 0 aliphatic heterocycles. The molecular formula is C26H28N2O4S. The topological polar surface area (TPSA) is 84.5 Å². The Kier molecular flexibility index (Phi) is 6.81. The molecule has 3 aromatic rings. The Morgan fingerprint density at radius 3 is 2.48 bits per heavy atom. The molecule has 1 fully saturated rings. The maximum absolute atomic E-state index is 13.0. The van der Waals surface area contributed by atoms with Crippen LogP contribution >= 0.6 is 0 Å². The zero-order valence-corrected chi connectivity index (χ0v) is 19.6. The Labute approximate surface area is 195 Å². The molecule has 1 amide bonds. The van der Waals surface area contributed by atoms with E-state index in [1.807, 2.05) is 31.2 Å². The lowest BCUT2D eigenvalue weighted by Gasteiger charge is -2.13. The highest BCUT2D eigenvalue weighted by molar-refractivity contribution is 7.92. The van der Waals surface area contributed by atoms with Crippen LogP contribution in [0.25, 0.3) is 0 Å². The second kappa shape index (κ2) is 9.77. The Morgan fingerprint density at radius 1 is 0.970 bits per heavy atom. The first-order chi connectivity index (χ1) is 15.8. The first-order valence-electron chi connectivity index (χ1n) is 11.0. The number of benzene rings is 3. The van der Waals surface area contributed by atoms with Gasteiger partial charge in [0.2, 0.25) is 0 Å². The van der Waals surface area contributed by atoms with Crippen molar-refractivity contribution in [2.24, 2.45) is 5.92 Å². The molecule has 1 saturated carbocycles. The highest BCUT2D eigenvalue weighted by Gasteiger charge is 2.21. The fourth-order valence-corrected chi connectivity index (χ4v) is 4.58. The summed E-state index contributed by atoms with van der Waals surface area (Å²) in [5.74, 6) is 0.330. The van der Waals surface area contributed by atoms with Crippen molar-refractivity contribution in [2.45, 2.75) is 38.2 Å². The number of aryl methyl sites for hydroxylation is 2. The van der Waals surface area contributed by atoms with Gasteiger partial charge in [-0.25, -0.2) is 8.42 Å². The molecule has 0 atom stereocenters. The molecule has 0 heterocycles. The SMILES string of the molecule is Cc1cccc(NS(=O)(=O)c2ccc(C)c(C(=O)Nc3cccc(COCC4CC4)c3)c2)c1. The van der Waals surface area contributed by atoms with Crippen LogP contribution in [0.2, 0.25) is 0 Å². The predicted octanol–water partition coefficient (Wildman–Crippen LogP) is 5.28. The van der Waals surface area contributed by atoms with Gasteiger partial charge in [0, 0.05) is 23.5 Å². The lowest BCUT2D eigenvalue weighted by Crippen LogP contribution is -2.17. The Morgan fingerprint density at radius 2 is 1.73 bits per heavy atom. The van der Waals surface area contributed by atoms with Gasteiger partial charge < -0.3 is 10.1 Å². The molecule has 172 valence electrons. The van der Waals surface area contributed by atoms with E-state index in [2.05, 4.69) is 10.0 Å². The van der Waals surface area contributed by atoms with E-state index in [1.54, 1.807) is 37.3 Å². The van der Waals surface area contributed by atoms with E-state index >= 15 is 0 Å². The van der Waals surface area contributed by atoms with Crippen molar-refractivity contribution < 1.29 is 17.9 Å². The van der Waals surface area contributed by atoms with Gasteiger partial charge in [-0.1, -0.05) is 30.3 Å². The monoisotopic (exact) mass is 464 g/mol. The fraction of sp³-hybridized carbons (Fsp3) is 0.269. The van der Waals surface area contributed by atoms with Crippen LogP contribution in [0.3, 0.4) is 0 Å². The molecule has 4 rings (SSSR count). The van der Waals surface area contributed by atoms with E-state index in [4.69, 9.17) is 4.74 Å². The molecule has 3 aromatic carbocycles. The van der Waals surface area contributed by atoms with Gasteiger partial charge in [-0.05, 0) is 85.7 Å². The molecule has 0 aromatic heterocycles. The Bertz CT molecular complexity index is 1270. The predicted molar refractivity (Wildman–Crippen MR) is 130 cm³/mol. The molecule has 0 unspecified atom stereocenters. The molecule has 0 bridgehead atoms. The summed E-state index contributed by atoms with van der Waals surface area (Å²) in [6.45, 7) is 4.94. The van der Waals surface area contributed by atoms with Crippen LogP contribution in [0, 0.1) is 19.8 Å². The van der Waals surface area contributed by atoms with E-state index < -0.39 is 10.0 Å². The minimum atomic E-state index is -3.84. The molecule has 33 heavy (non-hydrogen) atoms. The third kappa shape index (κ3) is 6.21. The summed E-state index contributed by atoms with van der Waals surface area (Å²) < 4.78 is 34.1. The maximum Gasteiger partial charge on any atom is 0.261 e. The summed E-state index contributed by atoms with van der Waals surface area (Å²) >= 11 is 0. The smallest absolute Gasteiger partial charge is 0.261 e. The van der Waals surface area contributed by atoms with Gasteiger partial charge >= 0.3 is 0 Å². The number of carbonyl (C=O) groups is 1. The zero-order chi connectivity index (χ0) is 23.4. The first-order valence-corrected chi connectivity index (χ1v) is 12.5. The third-order valence-corrected chi connectivity index (χ3v) is 6.92. The van der Waals surface area contributed by atoms with E-state index in [0.717, 1.165) is 17.7 Å². The molecule has 6 nitrogen and oxygen atoms in total. The van der Waals surface area contributed by atoms with Gasteiger partial charge in [0.15, 0.2) is 0 Å². The molecular weight excluding hydrogens is 436 g/mol. The number of ether oxygens (including phenoxy) is 1. The Hall–Kier alpha value is -3.16. The van der Waals surface area contributed by atoms with Gasteiger partial charge in [0.25, 0.3) is 15.9 Å². The van der Waals surface area contributed by atoms with Crippen molar-refractivity contribution in [3.05, 3.63) is 89.0 Å². The average Bonchev–Trinajstić information content (AvgIpc) is 3.58.